The Morgan fingerprint density at radius 3 is 2.26 bits per heavy atom. The summed E-state index contributed by atoms with van der Waals surface area (Å²) < 4.78 is 28.8. The highest BCUT2D eigenvalue weighted by Gasteiger charge is 2.33. The normalized spacial score (nSPS) is 12.0. The predicted molar refractivity (Wildman–Crippen MR) is 157 cm³/mol. The lowest BCUT2D eigenvalue weighted by Crippen LogP contribution is -2.51. The molecular formula is C29H33Cl2N3O4S. The summed E-state index contributed by atoms with van der Waals surface area (Å²) in [6, 6.07) is 18.9. The van der Waals surface area contributed by atoms with Gasteiger partial charge in [0.25, 0.3) is 10.0 Å². The van der Waals surface area contributed by atoms with Crippen molar-refractivity contribution in [1.82, 2.24) is 10.2 Å². The van der Waals surface area contributed by atoms with Crippen LogP contribution in [0.3, 0.4) is 0 Å². The average molecular weight is 591 g/mol. The summed E-state index contributed by atoms with van der Waals surface area (Å²) in [7, 11) is -4.15. The van der Waals surface area contributed by atoms with Gasteiger partial charge in [0.05, 0.1) is 10.6 Å². The zero-order valence-electron chi connectivity index (χ0n) is 22.2. The lowest BCUT2D eigenvalue weighted by molar-refractivity contribution is -0.139. The second-order valence-electron chi connectivity index (χ2n) is 9.18. The van der Waals surface area contributed by atoms with E-state index in [0.717, 1.165) is 22.7 Å². The molecule has 208 valence electrons. The van der Waals surface area contributed by atoms with Crippen LogP contribution in [-0.4, -0.2) is 44.3 Å². The molecule has 1 N–H and O–H groups in total. The van der Waals surface area contributed by atoms with E-state index in [0.29, 0.717) is 22.2 Å². The van der Waals surface area contributed by atoms with Crippen LogP contribution in [0.25, 0.3) is 0 Å². The topological polar surface area (TPSA) is 86.8 Å². The van der Waals surface area contributed by atoms with Gasteiger partial charge in [-0.15, -0.1) is 0 Å². The molecule has 7 nitrogen and oxygen atoms in total. The first kappa shape index (κ1) is 30.5. The van der Waals surface area contributed by atoms with Crippen molar-refractivity contribution >= 4 is 50.7 Å². The molecule has 0 aliphatic carbocycles. The maximum atomic E-state index is 13.9. The molecule has 3 aromatic carbocycles. The summed E-state index contributed by atoms with van der Waals surface area (Å²) in [5, 5.41) is 3.78. The van der Waals surface area contributed by atoms with Crippen molar-refractivity contribution in [3.63, 3.8) is 0 Å². The lowest BCUT2D eigenvalue weighted by Gasteiger charge is -2.32. The molecule has 10 heteroatoms. The van der Waals surface area contributed by atoms with Crippen molar-refractivity contribution in [2.45, 2.75) is 51.1 Å². The minimum Gasteiger partial charge on any atom is -0.354 e. The van der Waals surface area contributed by atoms with Crippen molar-refractivity contribution < 1.29 is 18.0 Å². The molecule has 0 aromatic heterocycles. The van der Waals surface area contributed by atoms with E-state index in [2.05, 4.69) is 5.32 Å². The average Bonchev–Trinajstić information content (AvgIpc) is 2.93. The number of carbonyl (C=O) groups excluding carboxylic acids is 2. The highest BCUT2D eigenvalue weighted by atomic mass is 35.5. The van der Waals surface area contributed by atoms with Crippen molar-refractivity contribution in [3.05, 3.63) is 94.0 Å². The number of carbonyl (C=O) groups is 2. The maximum absolute atomic E-state index is 13.9. The third-order valence-corrected chi connectivity index (χ3v) is 8.82. The fraction of sp³-hybridized carbons (Fsp3) is 0.310. The van der Waals surface area contributed by atoms with Gasteiger partial charge in [-0.1, -0.05) is 72.9 Å². The van der Waals surface area contributed by atoms with Gasteiger partial charge in [0, 0.05) is 23.1 Å². The summed E-state index contributed by atoms with van der Waals surface area (Å²) in [6.07, 6.45) is 1.72. The van der Waals surface area contributed by atoms with E-state index in [1.54, 1.807) is 74.5 Å². The number of hydrogen-bond acceptors (Lipinski definition) is 4. The molecule has 0 fully saturated rings. The third-order valence-electron chi connectivity index (χ3n) is 6.38. The Kier molecular flexibility index (Phi) is 10.8. The molecule has 3 aromatic rings. The molecule has 0 spiro atoms. The van der Waals surface area contributed by atoms with Crippen LogP contribution in [0, 0.1) is 6.92 Å². The fourth-order valence-corrected chi connectivity index (χ4v) is 5.79. The van der Waals surface area contributed by atoms with Gasteiger partial charge in [-0.25, -0.2) is 8.42 Å². The second kappa shape index (κ2) is 13.8. The zero-order chi connectivity index (χ0) is 28.6. The van der Waals surface area contributed by atoms with Gasteiger partial charge in [-0.3, -0.25) is 13.9 Å². The van der Waals surface area contributed by atoms with E-state index in [1.165, 1.54) is 17.0 Å². The SMILES string of the molecule is CCCCNC(=O)[C@@H](C)N(Cc1ccc(Cl)cc1)C(=O)CN(c1cccc(Cl)c1C)S(=O)(=O)c1ccccc1. The fourth-order valence-electron chi connectivity index (χ4n) is 4.00. The van der Waals surface area contributed by atoms with Crippen LogP contribution in [0.4, 0.5) is 5.69 Å². The molecule has 0 radical (unpaired) electrons. The molecule has 0 unspecified atom stereocenters. The van der Waals surface area contributed by atoms with Crippen molar-refractivity contribution in [2.75, 3.05) is 17.4 Å². The summed E-state index contributed by atoms with van der Waals surface area (Å²) in [4.78, 5) is 28.4. The van der Waals surface area contributed by atoms with Gasteiger partial charge in [0.1, 0.15) is 12.6 Å². The van der Waals surface area contributed by atoms with E-state index in [9.17, 15) is 18.0 Å². The number of nitrogens with zero attached hydrogens (tertiary/aromatic N) is 2. The Balaban J connectivity index is 2.02. The van der Waals surface area contributed by atoms with Crippen LogP contribution in [-0.2, 0) is 26.2 Å². The van der Waals surface area contributed by atoms with Crippen molar-refractivity contribution in [2.24, 2.45) is 0 Å². The molecule has 0 heterocycles. The smallest absolute Gasteiger partial charge is 0.264 e. The van der Waals surface area contributed by atoms with E-state index in [1.807, 2.05) is 6.92 Å². The molecule has 3 rings (SSSR count). The van der Waals surface area contributed by atoms with E-state index in [-0.39, 0.29) is 23.0 Å². The standard InChI is InChI=1S/C29H33Cl2N3O4S/c1-4-5-18-32-29(36)22(3)33(19-23-14-16-24(30)17-15-23)28(35)20-34(27-13-9-12-26(31)21(27)2)39(37,38)25-10-7-6-8-11-25/h6-17,22H,4-5,18-20H2,1-3H3,(H,32,36)/t22-/m1/s1. The zero-order valence-corrected chi connectivity index (χ0v) is 24.6. The summed E-state index contributed by atoms with van der Waals surface area (Å²) in [5.41, 5.74) is 1.55. The Bertz CT molecular complexity index is 1380. The van der Waals surface area contributed by atoms with E-state index >= 15 is 0 Å². The van der Waals surface area contributed by atoms with Gasteiger partial charge in [0.15, 0.2) is 0 Å². The van der Waals surface area contributed by atoms with Gasteiger partial charge < -0.3 is 10.2 Å². The van der Waals surface area contributed by atoms with E-state index < -0.39 is 28.5 Å². The van der Waals surface area contributed by atoms with Crippen LogP contribution in [0.1, 0.15) is 37.8 Å². The summed E-state index contributed by atoms with van der Waals surface area (Å²) in [5.74, 6) is -0.857. The first-order valence-electron chi connectivity index (χ1n) is 12.7. The molecular weight excluding hydrogens is 557 g/mol. The molecule has 39 heavy (non-hydrogen) atoms. The number of hydrogen-bond donors (Lipinski definition) is 1. The van der Waals surface area contributed by atoms with Gasteiger partial charge in [-0.2, -0.15) is 0 Å². The number of benzene rings is 3. The number of amides is 2. The summed E-state index contributed by atoms with van der Waals surface area (Å²) >= 11 is 12.4. The number of unbranched alkanes of at least 4 members (excludes halogenated alkanes) is 1. The lowest BCUT2D eigenvalue weighted by atomic mass is 10.1. The van der Waals surface area contributed by atoms with E-state index in [4.69, 9.17) is 23.2 Å². The number of halogens is 2. The summed E-state index contributed by atoms with van der Waals surface area (Å²) in [6.45, 7) is 5.40. The minimum atomic E-state index is -4.15. The molecule has 1 atom stereocenters. The maximum Gasteiger partial charge on any atom is 0.264 e. The van der Waals surface area contributed by atoms with Crippen LogP contribution < -0.4 is 9.62 Å². The number of nitrogens with one attached hydrogen (secondary N) is 1. The van der Waals surface area contributed by atoms with Crippen LogP contribution >= 0.6 is 23.2 Å². The molecule has 0 aliphatic heterocycles. The Morgan fingerprint density at radius 1 is 0.949 bits per heavy atom. The van der Waals surface area contributed by atoms with Crippen molar-refractivity contribution in [3.8, 4) is 0 Å². The first-order chi connectivity index (χ1) is 18.6. The number of rotatable bonds is 12. The van der Waals surface area contributed by atoms with Gasteiger partial charge in [0.2, 0.25) is 11.8 Å². The van der Waals surface area contributed by atoms with Gasteiger partial charge in [-0.05, 0) is 67.8 Å². The Hall–Kier alpha value is -3.07. The molecule has 0 bridgehead atoms. The van der Waals surface area contributed by atoms with Crippen molar-refractivity contribution in [1.29, 1.82) is 0 Å². The Labute approximate surface area is 240 Å². The van der Waals surface area contributed by atoms with Gasteiger partial charge >= 0.3 is 0 Å². The molecule has 0 saturated carbocycles. The second-order valence-corrected chi connectivity index (χ2v) is 11.9. The highest BCUT2D eigenvalue weighted by molar-refractivity contribution is 7.92. The van der Waals surface area contributed by atoms with Crippen LogP contribution in [0.2, 0.25) is 10.0 Å². The molecule has 2 amide bonds. The quantitative estimate of drug-likeness (QED) is 0.269. The molecule has 0 aliphatic rings. The van der Waals surface area contributed by atoms with Crippen LogP contribution in [0.5, 0.6) is 0 Å². The monoisotopic (exact) mass is 589 g/mol. The Morgan fingerprint density at radius 2 is 1.62 bits per heavy atom. The predicted octanol–water partition coefficient (Wildman–Crippen LogP) is 5.83. The highest BCUT2D eigenvalue weighted by Crippen LogP contribution is 2.31. The number of sulfonamides is 1. The first-order valence-corrected chi connectivity index (χ1v) is 14.9. The molecule has 0 saturated heterocycles. The van der Waals surface area contributed by atoms with Crippen LogP contribution in [0.15, 0.2) is 77.7 Å². The largest absolute Gasteiger partial charge is 0.354 e. The minimum absolute atomic E-state index is 0.0341. The number of anilines is 1. The third kappa shape index (κ3) is 7.75.